The number of piperidine rings is 1. The Morgan fingerprint density at radius 2 is 2.00 bits per heavy atom. The summed E-state index contributed by atoms with van der Waals surface area (Å²) in [5.74, 6) is -0.0974. The average Bonchev–Trinajstić information content (AvgIpc) is 3.06. The van der Waals surface area contributed by atoms with Crippen molar-refractivity contribution in [2.24, 2.45) is 7.05 Å². The molecule has 1 aliphatic rings. The Morgan fingerprint density at radius 3 is 2.58 bits per heavy atom. The number of hydrogen-bond acceptors (Lipinski definition) is 4. The first kappa shape index (κ1) is 18.2. The molecule has 2 aromatic heterocycles. The van der Waals surface area contributed by atoms with Crippen molar-refractivity contribution in [3.05, 3.63) is 42.0 Å². The zero-order valence-electron chi connectivity index (χ0n) is 14.6. The van der Waals surface area contributed by atoms with Crippen LogP contribution in [0.1, 0.15) is 28.9 Å². The second-order valence-corrected chi connectivity index (χ2v) is 6.43. The summed E-state index contributed by atoms with van der Waals surface area (Å²) in [7, 11) is 3.50. The van der Waals surface area contributed by atoms with Crippen molar-refractivity contribution in [1.82, 2.24) is 19.7 Å². The first-order valence-corrected chi connectivity index (χ1v) is 8.29. The van der Waals surface area contributed by atoms with Gasteiger partial charge in [-0.3, -0.25) is 14.5 Å². The van der Waals surface area contributed by atoms with Gasteiger partial charge in [-0.25, -0.2) is 0 Å². The lowest BCUT2D eigenvalue weighted by atomic mass is 10.0. The van der Waals surface area contributed by atoms with Crippen molar-refractivity contribution in [2.75, 3.05) is 25.0 Å². The maximum atomic E-state index is 12.8. The first-order chi connectivity index (χ1) is 12.3. The fraction of sp³-hybridized carbons (Fsp3) is 0.471. The van der Waals surface area contributed by atoms with Crippen molar-refractivity contribution in [3.8, 4) is 0 Å². The molecule has 0 radical (unpaired) electrons. The Balaban J connectivity index is 1.63. The summed E-state index contributed by atoms with van der Waals surface area (Å²) in [6.45, 7) is 1.16. The van der Waals surface area contributed by atoms with Gasteiger partial charge in [0.15, 0.2) is 0 Å². The molecule has 3 rings (SSSR count). The number of aryl methyl sites for hydroxylation is 1. The molecule has 0 aromatic carbocycles. The maximum absolute atomic E-state index is 12.8. The van der Waals surface area contributed by atoms with Crippen LogP contribution in [0.2, 0.25) is 0 Å². The predicted octanol–water partition coefficient (Wildman–Crippen LogP) is 2.57. The maximum Gasteiger partial charge on any atom is 0.433 e. The molecule has 1 aliphatic heterocycles. The Kier molecular flexibility index (Phi) is 4.88. The van der Waals surface area contributed by atoms with Gasteiger partial charge >= 0.3 is 6.18 Å². The number of aromatic nitrogens is 3. The molecule has 140 valence electrons. The van der Waals surface area contributed by atoms with Crippen LogP contribution in [-0.2, 0) is 13.2 Å². The average molecular weight is 367 g/mol. The van der Waals surface area contributed by atoms with Gasteiger partial charge in [-0.05, 0) is 25.0 Å². The van der Waals surface area contributed by atoms with Gasteiger partial charge in [0.1, 0.15) is 5.69 Å². The van der Waals surface area contributed by atoms with E-state index < -0.39 is 11.9 Å². The van der Waals surface area contributed by atoms with E-state index in [4.69, 9.17) is 0 Å². The lowest BCUT2D eigenvalue weighted by Crippen LogP contribution is -2.45. The highest BCUT2D eigenvalue weighted by Crippen LogP contribution is 2.31. The first-order valence-electron chi connectivity index (χ1n) is 8.29. The van der Waals surface area contributed by atoms with E-state index in [1.54, 1.807) is 35.9 Å². The highest BCUT2D eigenvalue weighted by atomic mass is 19.4. The molecule has 0 bridgehead atoms. The number of nitrogens with zero attached hydrogens (tertiary/aromatic N) is 5. The second kappa shape index (κ2) is 6.97. The Morgan fingerprint density at radius 1 is 1.31 bits per heavy atom. The van der Waals surface area contributed by atoms with Gasteiger partial charge in [0.2, 0.25) is 0 Å². The fourth-order valence-corrected chi connectivity index (χ4v) is 3.18. The van der Waals surface area contributed by atoms with Gasteiger partial charge in [-0.1, -0.05) is 0 Å². The molecule has 26 heavy (non-hydrogen) atoms. The van der Waals surface area contributed by atoms with E-state index in [9.17, 15) is 18.0 Å². The molecule has 0 N–H and O–H groups in total. The molecule has 0 atom stereocenters. The second-order valence-electron chi connectivity index (χ2n) is 6.43. The van der Waals surface area contributed by atoms with Crippen molar-refractivity contribution in [1.29, 1.82) is 0 Å². The van der Waals surface area contributed by atoms with Crippen LogP contribution in [0.4, 0.5) is 18.9 Å². The molecule has 1 fully saturated rings. The zero-order chi connectivity index (χ0) is 18.9. The normalized spacial score (nSPS) is 16.0. The summed E-state index contributed by atoms with van der Waals surface area (Å²) in [4.78, 5) is 19.5. The van der Waals surface area contributed by atoms with E-state index in [2.05, 4.69) is 10.1 Å². The lowest BCUT2D eigenvalue weighted by Gasteiger charge is -2.37. The summed E-state index contributed by atoms with van der Waals surface area (Å²) < 4.78 is 40.0. The van der Waals surface area contributed by atoms with Crippen LogP contribution in [0.3, 0.4) is 0 Å². The lowest BCUT2D eigenvalue weighted by molar-refractivity contribution is -0.141. The summed E-state index contributed by atoms with van der Waals surface area (Å²) in [5.41, 5.74) is 0.148. The topological polar surface area (TPSA) is 54.3 Å². The fourth-order valence-electron chi connectivity index (χ4n) is 3.18. The standard InChI is InChI=1S/C17H20F3N5O/c1-23-11-12(10-22-23)16(26)24(2)13-4-7-25(8-5-13)14-3-6-21-15(9-14)17(18,19)20/h3,6,9-11,13H,4-5,7-8H2,1-2H3. The van der Waals surface area contributed by atoms with Gasteiger partial charge in [0.05, 0.1) is 11.8 Å². The molecular formula is C17H20F3N5O. The smallest absolute Gasteiger partial charge is 0.371 e. The Bertz CT molecular complexity index is 781. The predicted molar refractivity (Wildman–Crippen MR) is 89.8 cm³/mol. The molecule has 0 spiro atoms. The van der Waals surface area contributed by atoms with Crippen LogP contribution in [-0.4, -0.2) is 51.8 Å². The van der Waals surface area contributed by atoms with Gasteiger partial charge in [0, 0.05) is 51.3 Å². The summed E-state index contributed by atoms with van der Waals surface area (Å²) >= 11 is 0. The minimum atomic E-state index is -4.45. The molecule has 0 saturated carbocycles. The molecule has 2 aromatic rings. The number of halogens is 3. The largest absolute Gasteiger partial charge is 0.433 e. The van der Waals surface area contributed by atoms with Crippen molar-refractivity contribution in [2.45, 2.75) is 25.1 Å². The van der Waals surface area contributed by atoms with Crippen molar-refractivity contribution >= 4 is 11.6 Å². The van der Waals surface area contributed by atoms with E-state index in [1.165, 1.54) is 12.4 Å². The van der Waals surface area contributed by atoms with Gasteiger partial charge < -0.3 is 9.80 Å². The third-order valence-corrected chi connectivity index (χ3v) is 4.68. The van der Waals surface area contributed by atoms with Crippen molar-refractivity contribution < 1.29 is 18.0 Å². The molecule has 3 heterocycles. The van der Waals surface area contributed by atoms with E-state index in [0.717, 1.165) is 6.07 Å². The number of rotatable bonds is 3. The molecule has 9 heteroatoms. The molecule has 0 unspecified atom stereocenters. The van der Waals surface area contributed by atoms with Gasteiger partial charge in [-0.15, -0.1) is 0 Å². The third kappa shape index (κ3) is 3.81. The van der Waals surface area contributed by atoms with E-state index in [1.807, 2.05) is 4.90 Å². The minimum Gasteiger partial charge on any atom is -0.371 e. The highest BCUT2D eigenvalue weighted by molar-refractivity contribution is 5.93. The van der Waals surface area contributed by atoms with Crippen LogP contribution >= 0.6 is 0 Å². The van der Waals surface area contributed by atoms with Gasteiger partial charge in [-0.2, -0.15) is 18.3 Å². The van der Waals surface area contributed by atoms with Crippen LogP contribution in [0.15, 0.2) is 30.7 Å². The van der Waals surface area contributed by atoms with Gasteiger partial charge in [0.25, 0.3) is 5.91 Å². The number of pyridine rings is 1. The van der Waals surface area contributed by atoms with Crippen LogP contribution in [0, 0.1) is 0 Å². The van der Waals surface area contributed by atoms with Crippen molar-refractivity contribution in [3.63, 3.8) is 0 Å². The highest BCUT2D eigenvalue weighted by Gasteiger charge is 2.33. The van der Waals surface area contributed by atoms with Crippen LogP contribution in [0.25, 0.3) is 0 Å². The summed E-state index contributed by atoms with van der Waals surface area (Å²) in [6.07, 6.45) is 1.30. The number of alkyl halides is 3. The van der Waals surface area contributed by atoms with Crippen LogP contribution < -0.4 is 4.90 Å². The third-order valence-electron chi connectivity index (χ3n) is 4.68. The van der Waals surface area contributed by atoms with Crippen LogP contribution in [0.5, 0.6) is 0 Å². The molecule has 1 amide bonds. The van der Waals surface area contributed by atoms with E-state index in [-0.39, 0.29) is 11.9 Å². The number of amides is 1. The van der Waals surface area contributed by atoms with E-state index in [0.29, 0.717) is 37.2 Å². The minimum absolute atomic E-state index is 0.0443. The Labute approximate surface area is 149 Å². The zero-order valence-corrected chi connectivity index (χ0v) is 14.6. The summed E-state index contributed by atoms with van der Waals surface area (Å²) in [5, 5.41) is 4.01. The molecular weight excluding hydrogens is 347 g/mol. The number of carbonyl (C=O) groups excluding carboxylic acids is 1. The number of carbonyl (C=O) groups is 1. The quantitative estimate of drug-likeness (QED) is 0.837. The molecule has 0 aliphatic carbocycles. The molecule has 1 saturated heterocycles. The van der Waals surface area contributed by atoms with E-state index >= 15 is 0 Å². The molecule has 6 nitrogen and oxygen atoms in total. The number of anilines is 1. The SMILES string of the molecule is CN(C(=O)c1cnn(C)c1)C1CCN(c2ccnc(C(F)(F)F)c2)CC1. The monoisotopic (exact) mass is 367 g/mol. The summed E-state index contributed by atoms with van der Waals surface area (Å²) in [6, 6.07) is 2.70. The Hall–Kier alpha value is -2.58. The number of hydrogen-bond donors (Lipinski definition) is 0.